The topological polar surface area (TPSA) is 59.8 Å². The molecule has 0 radical (unpaired) electrons. The number of aromatic nitrogens is 3. The zero-order chi connectivity index (χ0) is 21.3. The van der Waals surface area contributed by atoms with E-state index in [1.807, 2.05) is 55.5 Å². The van der Waals surface area contributed by atoms with E-state index in [1.165, 1.54) is 0 Å². The highest BCUT2D eigenvalue weighted by Crippen LogP contribution is 2.28. The number of benzene rings is 3. The molecule has 0 unspecified atom stereocenters. The quantitative estimate of drug-likeness (QED) is 0.344. The smallest absolute Gasteiger partial charge is 0.295 e. The van der Waals surface area contributed by atoms with Gasteiger partial charge in [-0.05, 0) is 49.4 Å². The third kappa shape index (κ3) is 4.41. The van der Waals surface area contributed by atoms with Crippen LogP contribution in [0.4, 0.5) is 5.69 Å². The highest BCUT2D eigenvalue weighted by molar-refractivity contribution is 9.10. The van der Waals surface area contributed by atoms with Gasteiger partial charge in [-0.15, -0.1) is 5.10 Å². The fraction of sp³-hybridized carbons (Fsp3) is 0.0455. The molecule has 4 aromatic rings. The van der Waals surface area contributed by atoms with E-state index in [4.69, 9.17) is 23.2 Å². The number of aryl methyl sites for hydroxylation is 1. The van der Waals surface area contributed by atoms with Crippen LogP contribution < -0.4 is 5.32 Å². The van der Waals surface area contributed by atoms with Gasteiger partial charge in [0, 0.05) is 15.7 Å². The predicted octanol–water partition coefficient (Wildman–Crippen LogP) is 6.56. The van der Waals surface area contributed by atoms with E-state index in [0.29, 0.717) is 27.2 Å². The highest BCUT2D eigenvalue weighted by atomic mass is 79.9. The van der Waals surface area contributed by atoms with Crippen LogP contribution in [0.3, 0.4) is 0 Å². The summed E-state index contributed by atoms with van der Waals surface area (Å²) >= 11 is 15.7. The van der Waals surface area contributed by atoms with Crippen molar-refractivity contribution in [2.45, 2.75) is 6.92 Å². The molecule has 8 heteroatoms. The van der Waals surface area contributed by atoms with Crippen molar-refractivity contribution in [3.8, 4) is 17.1 Å². The number of anilines is 1. The number of nitrogens with one attached hydrogen (secondary N) is 1. The van der Waals surface area contributed by atoms with Crippen LogP contribution >= 0.6 is 39.1 Å². The molecular formula is C22H15BrCl2N4O. The Kier molecular flexibility index (Phi) is 5.90. The third-order valence-electron chi connectivity index (χ3n) is 4.37. The summed E-state index contributed by atoms with van der Waals surface area (Å²) in [6, 6.07) is 20.2. The third-order valence-corrected chi connectivity index (χ3v) is 5.64. The van der Waals surface area contributed by atoms with E-state index >= 15 is 0 Å². The predicted molar refractivity (Wildman–Crippen MR) is 124 cm³/mol. The first-order valence-electron chi connectivity index (χ1n) is 8.97. The largest absolute Gasteiger partial charge is 0.319 e. The van der Waals surface area contributed by atoms with Gasteiger partial charge in [0.1, 0.15) is 0 Å². The fourth-order valence-corrected chi connectivity index (χ4v) is 3.37. The van der Waals surface area contributed by atoms with E-state index < -0.39 is 5.91 Å². The fourth-order valence-electron chi connectivity index (χ4n) is 2.81. The number of carbonyl (C=O) groups excluding carboxylic acids is 1. The van der Waals surface area contributed by atoms with Gasteiger partial charge in [-0.25, -0.2) is 9.67 Å². The van der Waals surface area contributed by atoms with Gasteiger partial charge >= 0.3 is 0 Å². The zero-order valence-corrected chi connectivity index (χ0v) is 18.8. The molecule has 0 atom stereocenters. The molecule has 0 aliphatic rings. The average molecular weight is 502 g/mol. The second-order valence-corrected chi connectivity index (χ2v) is 8.33. The number of hydrogen-bond donors (Lipinski definition) is 1. The summed E-state index contributed by atoms with van der Waals surface area (Å²) in [5, 5.41) is 8.09. The molecule has 0 spiro atoms. The second kappa shape index (κ2) is 8.60. The van der Waals surface area contributed by atoms with Crippen LogP contribution in [0.5, 0.6) is 0 Å². The van der Waals surface area contributed by atoms with E-state index in [0.717, 1.165) is 15.6 Å². The molecular weight excluding hydrogens is 487 g/mol. The summed E-state index contributed by atoms with van der Waals surface area (Å²) in [4.78, 5) is 17.3. The Hall–Kier alpha value is -2.67. The average Bonchev–Trinajstić information content (AvgIpc) is 3.18. The lowest BCUT2D eigenvalue weighted by atomic mass is 10.2. The number of rotatable bonds is 4. The second-order valence-electron chi connectivity index (χ2n) is 6.60. The molecule has 4 rings (SSSR count). The molecule has 1 amide bonds. The summed E-state index contributed by atoms with van der Waals surface area (Å²) in [6.45, 7) is 1.98. The Labute approximate surface area is 191 Å². The van der Waals surface area contributed by atoms with Crippen LogP contribution in [-0.2, 0) is 0 Å². The maximum absolute atomic E-state index is 12.8. The van der Waals surface area contributed by atoms with Gasteiger partial charge in [-0.2, -0.15) is 0 Å². The molecule has 1 aromatic heterocycles. The van der Waals surface area contributed by atoms with Crippen LogP contribution in [-0.4, -0.2) is 20.7 Å². The molecule has 0 aliphatic carbocycles. The van der Waals surface area contributed by atoms with Gasteiger partial charge < -0.3 is 5.32 Å². The van der Waals surface area contributed by atoms with Crippen LogP contribution in [0.1, 0.15) is 16.2 Å². The number of amides is 1. The molecule has 0 saturated heterocycles. The summed E-state index contributed by atoms with van der Waals surface area (Å²) in [5.41, 5.74) is 3.21. The highest BCUT2D eigenvalue weighted by Gasteiger charge is 2.19. The first-order chi connectivity index (χ1) is 14.4. The van der Waals surface area contributed by atoms with Crippen LogP contribution in [0.15, 0.2) is 71.2 Å². The SMILES string of the molecule is Cc1ccc(NC(=O)c2nc(-c3ccc(Br)cc3)n(-c3ccc(Cl)c(Cl)c3)n2)cc1. The summed E-state index contributed by atoms with van der Waals surface area (Å²) in [6.07, 6.45) is 0. The molecule has 150 valence electrons. The normalized spacial score (nSPS) is 10.8. The Balaban J connectivity index is 1.76. The zero-order valence-electron chi connectivity index (χ0n) is 15.7. The number of hydrogen-bond acceptors (Lipinski definition) is 3. The van der Waals surface area contributed by atoms with Gasteiger partial charge in [-0.1, -0.05) is 69.0 Å². The van der Waals surface area contributed by atoms with Gasteiger partial charge in [0.05, 0.1) is 15.7 Å². The van der Waals surface area contributed by atoms with Gasteiger partial charge in [0.15, 0.2) is 5.82 Å². The Morgan fingerprint density at radius 3 is 2.33 bits per heavy atom. The van der Waals surface area contributed by atoms with E-state index in [-0.39, 0.29) is 5.82 Å². The van der Waals surface area contributed by atoms with Crippen molar-refractivity contribution in [2.75, 3.05) is 5.32 Å². The number of halogens is 3. The van der Waals surface area contributed by atoms with Gasteiger partial charge in [0.2, 0.25) is 5.82 Å². The molecule has 1 N–H and O–H groups in total. The number of carbonyl (C=O) groups is 1. The van der Waals surface area contributed by atoms with Crippen molar-refractivity contribution < 1.29 is 4.79 Å². The molecule has 30 heavy (non-hydrogen) atoms. The lowest BCUT2D eigenvalue weighted by Gasteiger charge is -2.07. The minimum atomic E-state index is -0.406. The first kappa shape index (κ1) is 20.6. The molecule has 0 fully saturated rings. The van der Waals surface area contributed by atoms with E-state index in [1.54, 1.807) is 22.9 Å². The Bertz CT molecular complexity index is 1220. The van der Waals surface area contributed by atoms with Gasteiger partial charge in [0.25, 0.3) is 5.91 Å². The molecule has 0 aliphatic heterocycles. The van der Waals surface area contributed by atoms with Crippen LogP contribution in [0.25, 0.3) is 17.1 Å². The van der Waals surface area contributed by atoms with E-state index in [9.17, 15) is 4.79 Å². The summed E-state index contributed by atoms with van der Waals surface area (Å²) in [5.74, 6) is 0.144. The molecule has 3 aromatic carbocycles. The molecule has 0 bridgehead atoms. The minimum Gasteiger partial charge on any atom is -0.319 e. The Morgan fingerprint density at radius 1 is 0.967 bits per heavy atom. The lowest BCUT2D eigenvalue weighted by molar-refractivity contribution is 0.101. The number of nitrogens with zero attached hydrogens (tertiary/aromatic N) is 3. The van der Waals surface area contributed by atoms with Crippen molar-refractivity contribution in [1.29, 1.82) is 0 Å². The molecule has 5 nitrogen and oxygen atoms in total. The van der Waals surface area contributed by atoms with Crippen LogP contribution in [0.2, 0.25) is 10.0 Å². The molecule has 0 saturated carbocycles. The van der Waals surface area contributed by atoms with Crippen molar-refractivity contribution in [2.24, 2.45) is 0 Å². The van der Waals surface area contributed by atoms with Gasteiger partial charge in [-0.3, -0.25) is 4.79 Å². The standard InChI is InChI=1S/C22H15BrCl2N4O/c1-13-2-8-16(9-3-13)26-22(30)20-27-21(14-4-6-15(23)7-5-14)29(28-20)17-10-11-18(24)19(25)12-17/h2-12H,1H3,(H,26,30). The summed E-state index contributed by atoms with van der Waals surface area (Å²) in [7, 11) is 0. The van der Waals surface area contributed by atoms with Crippen molar-refractivity contribution in [3.63, 3.8) is 0 Å². The monoisotopic (exact) mass is 500 g/mol. The van der Waals surface area contributed by atoms with Crippen LogP contribution in [0, 0.1) is 6.92 Å². The Morgan fingerprint density at radius 2 is 1.67 bits per heavy atom. The maximum atomic E-state index is 12.8. The molecule has 1 heterocycles. The van der Waals surface area contributed by atoms with Crippen molar-refractivity contribution >= 4 is 50.7 Å². The first-order valence-corrected chi connectivity index (χ1v) is 10.5. The lowest BCUT2D eigenvalue weighted by Crippen LogP contribution is -2.14. The van der Waals surface area contributed by atoms with Crippen molar-refractivity contribution in [3.05, 3.63) is 92.6 Å². The minimum absolute atomic E-state index is 0.0413. The summed E-state index contributed by atoms with van der Waals surface area (Å²) < 4.78 is 2.51. The van der Waals surface area contributed by atoms with Crippen molar-refractivity contribution in [1.82, 2.24) is 14.8 Å². The maximum Gasteiger partial charge on any atom is 0.295 e. The van der Waals surface area contributed by atoms with E-state index in [2.05, 4.69) is 31.3 Å².